The summed E-state index contributed by atoms with van der Waals surface area (Å²) in [7, 11) is 0. The molecule has 1 heterocycles. The molecule has 1 aliphatic heterocycles. The van der Waals surface area contributed by atoms with Gasteiger partial charge in [-0.2, -0.15) is 0 Å². The number of esters is 1. The Balaban J connectivity index is 2.24. The van der Waals surface area contributed by atoms with Crippen molar-refractivity contribution >= 4 is 11.9 Å². The van der Waals surface area contributed by atoms with E-state index in [0.29, 0.717) is 31.8 Å². The highest BCUT2D eigenvalue weighted by Gasteiger charge is 2.33. The third-order valence-electron chi connectivity index (χ3n) is 3.53. The Morgan fingerprint density at radius 3 is 2.57 bits per heavy atom. The SMILES string of the molecule is CCOC(=O)C1CNCCN1C(=O)c1cc(C)cc(C)c1. The van der Waals surface area contributed by atoms with Crippen molar-refractivity contribution in [1.82, 2.24) is 10.2 Å². The van der Waals surface area contributed by atoms with Crippen molar-refractivity contribution < 1.29 is 14.3 Å². The van der Waals surface area contributed by atoms with Gasteiger partial charge in [0.1, 0.15) is 6.04 Å². The fourth-order valence-corrected chi connectivity index (χ4v) is 2.66. The number of hydrogen-bond donors (Lipinski definition) is 1. The van der Waals surface area contributed by atoms with E-state index in [1.54, 1.807) is 11.8 Å². The second kappa shape index (κ2) is 6.72. The average Bonchev–Trinajstić information content (AvgIpc) is 2.45. The van der Waals surface area contributed by atoms with Gasteiger partial charge in [0.15, 0.2) is 0 Å². The molecule has 1 aromatic carbocycles. The highest BCUT2D eigenvalue weighted by atomic mass is 16.5. The Morgan fingerprint density at radius 1 is 1.29 bits per heavy atom. The zero-order valence-electron chi connectivity index (χ0n) is 12.8. The van der Waals surface area contributed by atoms with Crippen molar-refractivity contribution in [2.75, 3.05) is 26.2 Å². The summed E-state index contributed by atoms with van der Waals surface area (Å²) in [5.41, 5.74) is 2.71. The molecule has 1 aliphatic rings. The number of nitrogens with one attached hydrogen (secondary N) is 1. The monoisotopic (exact) mass is 290 g/mol. The van der Waals surface area contributed by atoms with Gasteiger partial charge >= 0.3 is 5.97 Å². The smallest absolute Gasteiger partial charge is 0.330 e. The van der Waals surface area contributed by atoms with E-state index in [1.165, 1.54) is 0 Å². The minimum absolute atomic E-state index is 0.110. The molecule has 1 N–H and O–H groups in total. The number of carbonyl (C=O) groups is 2. The third-order valence-corrected chi connectivity index (χ3v) is 3.53. The van der Waals surface area contributed by atoms with Gasteiger partial charge in [0.25, 0.3) is 5.91 Å². The van der Waals surface area contributed by atoms with Crippen LogP contribution in [0.4, 0.5) is 0 Å². The third kappa shape index (κ3) is 3.61. The van der Waals surface area contributed by atoms with E-state index >= 15 is 0 Å². The first-order valence-electron chi connectivity index (χ1n) is 7.29. The normalized spacial score (nSPS) is 18.4. The zero-order valence-corrected chi connectivity index (χ0v) is 12.8. The first kappa shape index (κ1) is 15.5. The lowest BCUT2D eigenvalue weighted by Crippen LogP contribution is -2.57. The van der Waals surface area contributed by atoms with Crippen LogP contribution in [0.25, 0.3) is 0 Å². The number of benzene rings is 1. The number of ether oxygens (including phenoxy) is 1. The van der Waals surface area contributed by atoms with Crippen molar-refractivity contribution in [2.24, 2.45) is 0 Å². The molecule has 21 heavy (non-hydrogen) atoms. The van der Waals surface area contributed by atoms with E-state index in [1.807, 2.05) is 32.0 Å². The van der Waals surface area contributed by atoms with Gasteiger partial charge in [-0.25, -0.2) is 4.79 Å². The summed E-state index contributed by atoms with van der Waals surface area (Å²) >= 11 is 0. The quantitative estimate of drug-likeness (QED) is 0.852. The van der Waals surface area contributed by atoms with Crippen LogP contribution in [0.2, 0.25) is 0 Å². The Hall–Kier alpha value is -1.88. The number of piperazine rings is 1. The van der Waals surface area contributed by atoms with Crippen molar-refractivity contribution in [1.29, 1.82) is 0 Å². The van der Waals surface area contributed by atoms with Crippen molar-refractivity contribution in [3.05, 3.63) is 34.9 Å². The topological polar surface area (TPSA) is 58.6 Å². The molecule has 1 saturated heterocycles. The Labute approximate surface area is 125 Å². The molecule has 2 rings (SSSR count). The predicted octanol–water partition coefficient (Wildman–Crippen LogP) is 1.28. The summed E-state index contributed by atoms with van der Waals surface area (Å²) in [6.45, 7) is 7.65. The van der Waals surface area contributed by atoms with Crippen molar-refractivity contribution in [3.8, 4) is 0 Å². The van der Waals surface area contributed by atoms with Crippen molar-refractivity contribution in [3.63, 3.8) is 0 Å². The van der Waals surface area contributed by atoms with E-state index in [9.17, 15) is 9.59 Å². The standard InChI is InChI=1S/C16H22N2O3/c1-4-21-16(20)14-10-17-5-6-18(14)15(19)13-8-11(2)7-12(3)9-13/h7-9,14,17H,4-6,10H2,1-3H3. The molecule has 0 saturated carbocycles. The van der Waals surface area contributed by atoms with Crippen LogP contribution in [-0.2, 0) is 9.53 Å². The highest BCUT2D eigenvalue weighted by molar-refractivity contribution is 5.97. The van der Waals surface area contributed by atoms with Crippen molar-refractivity contribution in [2.45, 2.75) is 26.8 Å². The Bertz CT molecular complexity index is 522. The number of amides is 1. The molecule has 5 nitrogen and oxygen atoms in total. The Morgan fingerprint density at radius 2 is 1.95 bits per heavy atom. The van der Waals surface area contributed by atoms with Crippen LogP contribution in [0.3, 0.4) is 0 Å². The molecular formula is C16H22N2O3. The van der Waals surface area contributed by atoms with Gasteiger partial charge in [-0.1, -0.05) is 17.2 Å². The average molecular weight is 290 g/mol. The minimum atomic E-state index is -0.549. The number of carbonyl (C=O) groups excluding carboxylic acids is 2. The minimum Gasteiger partial charge on any atom is -0.464 e. The molecule has 1 aromatic rings. The molecule has 1 atom stereocenters. The molecular weight excluding hydrogens is 268 g/mol. The van der Waals surface area contributed by atoms with E-state index in [0.717, 1.165) is 11.1 Å². The van der Waals surface area contributed by atoms with Gasteiger partial charge in [-0.15, -0.1) is 0 Å². The maximum absolute atomic E-state index is 12.7. The van der Waals surface area contributed by atoms with E-state index in [-0.39, 0.29) is 11.9 Å². The number of aryl methyl sites for hydroxylation is 2. The lowest BCUT2D eigenvalue weighted by atomic mass is 10.0. The molecule has 0 aliphatic carbocycles. The van der Waals surface area contributed by atoms with Crippen LogP contribution in [0.1, 0.15) is 28.4 Å². The fourth-order valence-electron chi connectivity index (χ4n) is 2.66. The van der Waals surface area contributed by atoms with Crippen LogP contribution in [0.15, 0.2) is 18.2 Å². The molecule has 1 fully saturated rings. The summed E-state index contributed by atoms with van der Waals surface area (Å²) in [6, 6.07) is 5.20. The fraction of sp³-hybridized carbons (Fsp3) is 0.500. The van der Waals surface area contributed by atoms with E-state index < -0.39 is 6.04 Å². The molecule has 0 aromatic heterocycles. The predicted molar refractivity (Wildman–Crippen MR) is 80.2 cm³/mol. The largest absolute Gasteiger partial charge is 0.464 e. The number of hydrogen-bond acceptors (Lipinski definition) is 4. The summed E-state index contributed by atoms with van der Waals surface area (Å²) in [5.74, 6) is -0.455. The van der Waals surface area contributed by atoms with Gasteiger partial charge in [-0.05, 0) is 32.9 Å². The summed E-state index contributed by atoms with van der Waals surface area (Å²) in [5, 5.41) is 3.14. The Kier molecular flexibility index (Phi) is 4.96. The first-order valence-corrected chi connectivity index (χ1v) is 7.29. The van der Waals surface area contributed by atoms with Gasteiger partial charge < -0.3 is 15.0 Å². The van der Waals surface area contributed by atoms with E-state index in [4.69, 9.17) is 4.74 Å². The summed E-state index contributed by atoms with van der Waals surface area (Å²) < 4.78 is 5.07. The van der Waals surface area contributed by atoms with Gasteiger partial charge in [0.05, 0.1) is 6.61 Å². The van der Waals surface area contributed by atoms with Crippen LogP contribution in [-0.4, -0.2) is 49.1 Å². The maximum atomic E-state index is 12.7. The molecule has 1 unspecified atom stereocenters. The second-order valence-electron chi connectivity index (χ2n) is 5.35. The van der Waals surface area contributed by atoms with Gasteiger partial charge in [0.2, 0.25) is 0 Å². The molecule has 5 heteroatoms. The molecule has 0 radical (unpaired) electrons. The lowest BCUT2D eigenvalue weighted by molar-refractivity contribution is -0.149. The van der Waals surface area contributed by atoms with E-state index in [2.05, 4.69) is 5.32 Å². The molecule has 114 valence electrons. The lowest BCUT2D eigenvalue weighted by Gasteiger charge is -2.34. The summed E-state index contributed by atoms with van der Waals surface area (Å²) in [4.78, 5) is 26.3. The zero-order chi connectivity index (χ0) is 15.4. The van der Waals surface area contributed by atoms with Crippen LogP contribution < -0.4 is 5.32 Å². The van der Waals surface area contributed by atoms with Crippen LogP contribution in [0.5, 0.6) is 0 Å². The van der Waals surface area contributed by atoms with Crippen LogP contribution >= 0.6 is 0 Å². The first-order chi connectivity index (χ1) is 10.0. The summed E-state index contributed by atoms with van der Waals surface area (Å²) in [6.07, 6.45) is 0. The number of nitrogens with zero attached hydrogens (tertiary/aromatic N) is 1. The number of rotatable bonds is 3. The highest BCUT2D eigenvalue weighted by Crippen LogP contribution is 2.15. The molecule has 1 amide bonds. The maximum Gasteiger partial charge on any atom is 0.330 e. The molecule has 0 spiro atoms. The molecule has 0 bridgehead atoms. The van der Waals surface area contributed by atoms with Crippen LogP contribution in [0, 0.1) is 13.8 Å². The van der Waals surface area contributed by atoms with Gasteiger partial charge in [0, 0.05) is 25.2 Å². The van der Waals surface area contributed by atoms with Gasteiger partial charge in [-0.3, -0.25) is 4.79 Å². The second-order valence-corrected chi connectivity index (χ2v) is 5.35.